The molecule has 0 spiro atoms. The Hall–Kier alpha value is -2.63. The standard InChI is InChI=1S/C24H24N2O2S/c1-16-18-11-10-17-7-2-3-8-19(17)23(18)28-22(16)24(27)25-15-20(21-9-6-14-29-21)26-12-4-5-13-26/h2-3,6-11,14,20H,4-5,12-13,15H2,1H3,(H,25,27). The summed E-state index contributed by atoms with van der Waals surface area (Å²) in [5.41, 5.74) is 1.69. The van der Waals surface area contributed by atoms with E-state index in [2.05, 4.69) is 39.9 Å². The minimum absolute atomic E-state index is 0.136. The maximum Gasteiger partial charge on any atom is 0.287 e. The summed E-state index contributed by atoms with van der Waals surface area (Å²) in [5.74, 6) is 0.284. The molecule has 0 aliphatic carbocycles. The van der Waals surface area contributed by atoms with Crippen LogP contribution in [0.15, 0.2) is 58.3 Å². The van der Waals surface area contributed by atoms with Crippen LogP contribution in [0.2, 0.25) is 0 Å². The van der Waals surface area contributed by atoms with Crippen molar-refractivity contribution in [3.05, 3.63) is 70.1 Å². The van der Waals surface area contributed by atoms with Gasteiger partial charge in [-0.2, -0.15) is 0 Å². The van der Waals surface area contributed by atoms with Crippen molar-refractivity contribution in [2.24, 2.45) is 0 Å². The molecule has 2 aromatic heterocycles. The third kappa shape index (κ3) is 3.34. The predicted octanol–water partition coefficient (Wildman–Crippen LogP) is 5.52. The molecule has 1 N–H and O–H groups in total. The molecule has 29 heavy (non-hydrogen) atoms. The number of hydrogen-bond acceptors (Lipinski definition) is 4. The van der Waals surface area contributed by atoms with E-state index in [1.807, 2.05) is 31.2 Å². The number of carbonyl (C=O) groups is 1. The molecule has 4 aromatic rings. The van der Waals surface area contributed by atoms with E-state index in [0.717, 1.165) is 40.4 Å². The quantitative estimate of drug-likeness (QED) is 0.476. The van der Waals surface area contributed by atoms with Gasteiger partial charge in [0.25, 0.3) is 5.91 Å². The first-order valence-corrected chi connectivity index (χ1v) is 11.1. The lowest BCUT2D eigenvalue weighted by molar-refractivity contribution is 0.0912. The topological polar surface area (TPSA) is 45.5 Å². The Morgan fingerprint density at radius 1 is 1.10 bits per heavy atom. The highest BCUT2D eigenvalue weighted by Gasteiger charge is 2.26. The van der Waals surface area contributed by atoms with Gasteiger partial charge < -0.3 is 9.73 Å². The Morgan fingerprint density at radius 3 is 2.72 bits per heavy atom. The molecule has 1 saturated heterocycles. The maximum atomic E-state index is 13.0. The number of nitrogens with one attached hydrogen (secondary N) is 1. The smallest absolute Gasteiger partial charge is 0.287 e. The van der Waals surface area contributed by atoms with Crippen LogP contribution >= 0.6 is 11.3 Å². The van der Waals surface area contributed by atoms with Gasteiger partial charge in [0.15, 0.2) is 5.76 Å². The molecule has 148 valence electrons. The zero-order valence-corrected chi connectivity index (χ0v) is 17.3. The summed E-state index contributed by atoms with van der Waals surface area (Å²) in [4.78, 5) is 16.8. The number of hydrogen-bond donors (Lipinski definition) is 1. The fraction of sp³-hybridized carbons (Fsp3) is 0.292. The van der Waals surface area contributed by atoms with Crippen molar-refractivity contribution in [1.82, 2.24) is 10.2 Å². The summed E-state index contributed by atoms with van der Waals surface area (Å²) in [6, 6.07) is 16.7. The number of amides is 1. The van der Waals surface area contributed by atoms with Crippen molar-refractivity contribution in [2.45, 2.75) is 25.8 Å². The van der Waals surface area contributed by atoms with Crippen molar-refractivity contribution in [1.29, 1.82) is 0 Å². The van der Waals surface area contributed by atoms with Crippen LogP contribution in [-0.2, 0) is 0 Å². The van der Waals surface area contributed by atoms with Crippen LogP contribution in [0.5, 0.6) is 0 Å². The summed E-state index contributed by atoms with van der Waals surface area (Å²) < 4.78 is 6.10. The first-order valence-electron chi connectivity index (χ1n) is 10.2. The molecule has 0 saturated carbocycles. The molecule has 5 rings (SSSR count). The molecule has 1 atom stereocenters. The van der Waals surface area contributed by atoms with E-state index < -0.39 is 0 Å². The number of furan rings is 1. The van der Waals surface area contributed by atoms with Gasteiger partial charge in [-0.15, -0.1) is 11.3 Å². The van der Waals surface area contributed by atoms with Crippen molar-refractivity contribution in [3.63, 3.8) is 0 Å². The van der Waals surface area contributed by atoms with E-state index in [0.29, 0.717) is 12.3 Å². The van der Waals surface area contributed by atoms with E-state index in [1.165, 1.54) is 17.7 Å². The predicted molar refractivity (Wildman–Crippen MR) is 119 cm³/mol. The maximum absolute atomic E-state index is 13.0. The highest BCUT2D eigenvalue weighted by atomic mass is 32.1. The van der Waals surface area contributed by atoms with Crippen molar-refractivity contribution >= 4 is 39.0 Å². The average Bonchev–Trinajstić information content (AvgIpc) is 3.50. The molecule has 0 radical (unpaired) electrons. The van der Waals surface area contributed by atoms with Gasteiger partial charge in [-0.1, -0.05) is 42.5 Å². The molecular weight excluding hydrogens is 380 g/mol. The lowest BCUT2D eigenvalue weighted by atomic mass is 10.1. The summed E-state index contributed by atoms with van der Waals surface area (Å²) in [5, 5.41) is 8.42. The molecule has 1 fully saturated rings. The molecule has 1 aliphatic heterocycles. The second-order valence-corrected chi connectivity index (χ2v) is 8.68. The van der Waals surface area contributed by atoms with Crippen LogP contribution in [0, 0.1) is 6.92 Å². The Labute approximate surface area is 174 Å². The van der Waals surface area contributed by atoms with Gasteiger partial charge >= 0.3 is 0 Å². The van der Waals surface area contributed by atoms with Gasteiger partial charge in [-0.05, 0) is 49.7 Å². The van der Waals surface area contributed by atoms with Gasteiger partial charge in [0.05, 0.1) is 6.04 Å². The Bertz CT molecular complexity index is 1160. The fourth-order valence-electron chi connectivity index (χ4n) is 4.38. The van der Waals surface area contributed by atoms with Crippen molar-refractivity contribution < 1.29 is 9.21 Å². The van der Waals surface area contributed by atoms with Gasteiger partial charge in [0, 0.05) is 27.8 Å². The number of likely N-dealkylation sites (tertiary alicyclic amines) is 1. The second kappa shape index (κ2) is 7.65. The molecule has 1 amide bonds. The molecule has 5 heteroatoms. The Balaban J connectivity index is 1.42. The van der Waals surface area contributed by atoms with Crippen LogP contribution in [0.25, 0.3) is 21.7 Å². The van der Waals surface area contributed by atoms with Gasteiger partial charge in [-0.3, -0.25) is 9.69 Å². The lowest BCUT2D eigenvalue weighted by Gasteiger charge is -2.26. The van der Waals surface area contributed by atoms with E-state index in [-0.39, 0.29) is 11.9 Å². The summed E-state index contributed by atoms with van der Waals surface area (Å²) >= 11 is 1.76. The first-order chi connectivity index (χ1) is 14.2. The number of aryl methyl sites for hydroxylation is 1. The molecule has 1 unspecified atom stereocenters. The van der Waals surface area contributed by atoms with E-state index in [1.54, 1.807) is 11.3 Å². The zero-order valence-electron chi connectivity index (χ0n) is 16.5. The third-order valence-corrected chi connectivity index (χ3v) is 6.92. The lowest BCUT2D eigenvalue weighted by Crippen LogP contribution is -2.36. The molecular formula is C24H24N2O2S. The van der Waals surface area contributed by atoms with Crippen molar-refractivity contribution in [3.8, 4) is 0 Å². The van der Waals surface area contributed by atoms with Crippen LogP contribution in [0.3, 0.4) is 0 Å². The third-order valence-electron chi connectivity index (χ3n) is 5.94. The Kier molecular flexibility index (Phi) is 4.86. The average molecular weight is 405 g/mol. The summed E-state index contributed by atoms with van der Waals surface area (Å²) in [6.07, 6.45) is 2.46. The first kappa shape index (κ1) is 18.4. The molecule has 0 bridgehead atoms. The highest BCUT2D eigenvalue weighted by Crippen LogP contribution is 2.32. The number of benzene rings is 2. The van der Waals surface area contributed by atoms with Crippen molar-refractivity contribution in [2.75, 3.05) is 19.6 Å². The van der Waals surface area contributed by atoms with Crippen LogP contribution in [0.1, 0.15) is 39.9 Å². The van der Waals surface area contributed by atoms with E-state index in [9.17, 15) is 4.79 Å². The molecule has 4 nitrogen and oxygen atoms in total. The van der Waals surface area contributed by atoms with E-state index in [4.69, 9.17) is 4.42 Å². The number of thiophene rings is 1. The van der Waals surface area contributed by atoms with Crippen LogP contribution < -0.4 is 5.32 Å². The van der Waals surface area contributed by atoms with Gasteiger partial charge in [0.1, 0.15) is 5.58 Å². The molecule has 2 aromatic carbocycles. The fourth-order valence-corrected chi connectivity index (χ4v) is 5.24. The number of carbonyl (C=O) groups excluding carboxylic acids is 1. The number of rotatable bonds is 5. The van der Waals surface area contributed by atoms with Gasteiger partial charge in [0.2, 0.25) is 0 Å². The monoisotopic (exact) mass is 404 g/mol. The Morgan fingerprint density at radius 2 is 1.93 bits per heavy atom. The second-order valence-electron chi connectivity index (χ2n) is 7.70. The largest absolute Gasteiger partial charge is 0.450 e. The van der Waals surface area contributed by atoms with E-state index >= 15 is 0 Å². The van der Waals surface area contributed by atoms with Crippen LogP contribution in [-0.4, -0.2) is 30.4 Å². The highest BCUT2D eigenvalue weighted by molar-refractivity contribution is 7.10. The minimum Gasteiger partial charge on any atom is -0.450 e. The zero-order chi connectivity index (χ0) is 19.8. The van der Waals surface area contributed by atoms with Crippen LogP contribution in [0.4, 0.5) is 0 Å². The summed E-state index contributed by atoms with van der Waals surface area (Å²) in [6.45, 7) is 4.74. The minimum atomic E-state index is -0.136. The number of fused-ring (bicyclic) bond motifs is 3. The van der Waals surface area contributed by atoms with Gasteiger partial charge in [-0.25, -0.2) is 0 Å². The number of nitrogens with zero attached hydrogens (tertiary/aromatic N) is 1. The molecule has 1 aliphatic rings. The normalized spacial score (nSPS) is 15.9. The molecule has 3 heterocycles. The SMILES string of the molecule is Cc1c(C(=O)NCC(c2cccs2)N2CCCC2)oc2c1ccc1ccccc12. The summed E-state index contributed by atoms with van der Waals surface area (Å²) in [7, 11) is 0.